The molecular formula is C13H19NO6S. The Morgan fingerprint density at radius 3 is 2.48 bits per heavy atom. The van der Waals surface area contributed by atoms with Gasteiger partial charge in [0.05, 0.1) is 4.90 Å². The predicted molar refractivity (Wildman–Crippen MR) is 75.6 cm³/mol. The summed E-state index contributed by atoms with van der Waals surface area (Å²) >= 11 is 0. The van der Waals surface area contributed by atoms with Gasteiger partial charge in [-0.1, -0.05) is 6.92 Å². The number of rotatable bonds is 9. The van der Waals surface area contributed by atoms with Gasteiger partial charge in [-0.25, -0.2) is 17.9 Å². The van der Waals surface area contributed by atoms with Crippen molar-refractivity contribution in [1.29, 1.82) is 0 Å². The second-order valence-electron chi connectivity index (χ2n) is 4.62. The molecule has 3 N–H and O–H groups in total. The molecule has 1 aromatic carbocycles. The Morgan fingerprint density at radius 1 is 1.33 bits per heavy atom. The van der Waals surface area contributed by atoms with Crippen LogP contribution >= 0.6 is 0 Å². The average Bonchev–Trinajstić information content (AvgIpc) is 2.44. The number of hydrogen-bond acceptors (Lipinski definition) is 5. The number of hydrogen-bond donors (Lipinski definition) is 3. The quantitative estimate of drug-likeness (QED) is 0.609. The first-order valence-corrected chi connectivity index (χ1v) is 7.88. The lowest BCUT2D eigenvalue weighted by atomic mass is 10.1. The minimum Gasteiger partial charge on any atom is -0.482 e. The van der Waals surface area contributed by atoms with E-state index in [1.54, 1.807) is 0 Å². The van der Waals surface area contributed by atoms with E-state index in [2.05, 4.69) is 4.72 Å². The highest BCUT2D eigenvalue weighted by atomic mass is 32.2. The monoisotopic (exact) mass is 317 g/mol. The average molecular weight is 317 g/mol. The Balaban J connectivity index is 2.64. The smallest absolute Gasteiger partial charge is 0.341 e. The molecule has 1 unspecified atom stereocenters. The molecule has 118 valence electrons. The summed E-state index contributed by atoms with van der Waals surface area (Å²) in [7, 11) is -3.63. The van der Waals surface area contributed by atoms with Gasteiger partial charge in [0.1, 0.15) is 5.75 Å². The van der Waals surface area contributed by atoms with Crippen LogP contribution in [0, 0.1) is 5.92 Å². The molecule has 7 nitrogen and oxygen atoms in total. The van der Waals surface area contributed by atoms with Crippen LogP contribution in [0.3, 0.4) is 0 Å². The number of ether oxygens (including phenoxy) is 1. The van der Waals surface area contributed by atoms with E-state index in [1.807, 2.05) is 6.92 Å². The van der Waals surface area contributed by atoms with E-state index in [9.17, 15) is 13.2 Å². The first-order chi connectivity index (χ1) is 9.85. The molecule has 0 heterocycles. The standard InChI is InChI=1S/C13H19NO6S/c1-10(6-7-15)8-14-21(18,19)12-4-2-11(3-5-12)20-9-13(16)17/h2-5,10,14-15H,6-9H2,1H3,(H,16,17). The first-order valence-electron chi connectivity index (χ1n) is 6.40. The molecule has 0 bridgehead atoms. The number of aliphatic carboxylic acids is 1. The molecule has 0 amide bonds. The van der Waals surface area contributed by atoms with Crippen molar-refractivity contribution < 1.29 is 28.2 Å². The van der Waals surface area contributed by atoms with E-state index in [0.29, 0.717) is 6.42 Å². The Morgan fingerprint density at radius 2 is 1.95 bits per heavy atom. The van der Waals surface area contributed by atoms with E-state index in [1.165, 1.54) is 24.3 Å². The summed E-state index contributed by atoms with van der Waals surface area (Å²) in [6.45, 7) is 1.60. The summed E-state index contributed by atoms with van der Waals surface area (Å²) in [6.07, 6.45) is 0.518. The summed E-state index contributed by atoms with van der Waals surface area (Å²) in [5.41, 5.74) is 0. The molecule has 1 aromatic rings. The Bertz CT molecular complexity index is 555. The van der Waals surface area contributed by atoms with Gasteiger partial charge in [0.15, 0.2) is 6.61 Å². The molecule has 0 aromatic heterocycles. The van der Waals surface area contributed by atoms with Gasteiger partial charge in [0, 0.05) is 13.2 Å². The second kappa shape index (κ2) is 7.96. The normalized spacial score (nSPS) is 12.9. The molecule has 1 atom stereocenters. The summed E-state index contributed by atoms with van der Waals surface area (Å²) in [5.74, 6) is -0.792. The molecule has 0 aliphatic heterocycles. The molecule has 0 radical (unpaired) electrons. The van der Waals surface area contributed by atoms with Crippen LogP contribution in [0.15, 0.2) is 29.2 Å². The number of nitrogens with one attached hydrogen (secondary N) is 1. The van der Waals surface area contributed by atoms with Crippen molar-refractivity contribution in [3.63, 3.8) is 0 Å². The van der Waals surface area contributed by atoms with Crippen molar-refractivity contribution in [2.45, 2.75) is 18.2 Å². The van der Waals surface area contributed by atoms with Crippen molar-refractivity contribution in [1.82, 2.24) is 4.72 Å². The van der Waals surface area contributed by atoms with E-state index in [0.717, 1.165) is 0 Å². The lowest BCUT2D eigenvalue weighted by Crippen LogP contribution is -2.28. The number of aliphatic hydroxyl groups excluding tert-OH is 1. The van der Waals surface area contributed by atoms with Crippen molar-refractivity contribution in [2.75, 3.05) is 19.8 Å². The number of carbonyl (C=O) groups is 1. The molecule has 8 heteroatoms. The Hall–Kier alpha value is -1.64. The molecule has 0 aliphatic rings. The lowest BCUT2D eigenvalue weighted by molar-refractivity contribution is -0.139. The van der Waals surface area contributed by atoms with Crippen molar-refractivity contribution in [2.24, 2.45) is 5.92 Å². The van der Waals surface area contributed by atoms with Crippen LogP contribution in [0.25, 0.3) is 0 Å². The molecule has 21 heavy (non-hydrogen) atoms. The second-order valence-corrected chi connectivity index (χ2v) is 6.39. The third-order valence-corrected chi connectivity index (χ3v) is 4.18. The van der Waals surface area contributed by atoms with Crippen LogP contribution in [-0.4, -0.2) is 44.4 Å². The summed E-state index contributed by atoms with van der Waals surface area (Å²) < 4.78 is 31.4. The van der Waals surface area contributed by atoms with Crippen molar-refractivity contribution in [3.05, 3.63) is 24.3 Å². The third kappa shape index (κ3) is 6.11. The number of benzene rings is 1. The fraction of sp³-hybridized carbons (Fsp3) is 0.462. The maximum absolute atomic E-state index is 12.0. The predicted octanol–water partition coefficient (Wildman–Crippen LogP) is 0.447. The zero-order chi connectivity index (χ0) is 15.9. The molecular weight excluding hydrogens is 298 g/mol. The maximum Gasteiger partial charge on any atom is 0.341 e. The number of carboxylic acid groups (broad SMARTS) is 1. The number of sulfonamides is 1. The van der Waals surface area contributed by atoms with Gasteiger partial charge in [0.25, 0.3) is 0 Å². The molecule has 0 aliphatic carbocycles. The minimum atomic E-state index is -3.63. The maximum atomic E-state index is 12.0. The summed E-state index contributed by atoms with van der Waals surface area (Å²) in [5, 5.41) is 17.2. The molecule has 1 rings (SSSR count). The molecule has 0 fully saturated rings. The van der Waals surface area contributed by atoms with E-state index in [4.69, 9.17) is 14.9 Å². The summed E-state index contributed by atoms with van der Waals surface area (Å²) in [6, 6.07) is 5.48. The van der Waals surface area contributed by atoms with Crippen molar-refractivity contribution >= 4 is 16.0 Å². The topological polar surface area (TPSA) is 113 Å². The van der Waals surface area contributed by atoms with E-state index < -0.39 is 22.6 Å². The zero-order valence-corrected chi connectivity index (χ0v) is 12.5. The van der Waals surface area contributed by atoms with Crippen LogP contribution in [0.4, 0.5) is 0 Å². The van der Waals surface area contributed by atoms with Gasteiger partial charge in [-0.05, 0) is 36.6 Å². The Labute approximate surface area is 123 Å². The van der Waals surface area contributed by atoms with Crippen LogP contribution in [-0.2, 0) is 14.8 Å². The fourth-order valence-electron chi connectivity index (χ4n) is 1.52. The van der Waals surface area contributed by atoms with Gasteiger partial charge in [-0.2, -0.15) is 0 Å². The van der Waals surface area contributed by atoms with E-state index >= 15 is 0 Å². The largest absolute Gasteiger partial charge is 0.482 e. The Kier molecular flexibility index (Phi) is 6.60. The fourth-order valence-corrected chi connectivity index (χ4v) is 2.68. The zero-order valence-electron chi connectivity index (χ0n) is 11.7. The first kappa shape index (κ1) is 17.4. The highest BCUT2D eigenvalue weighted by Gasteiger charge is 2.15. The van der Waals surface area contributed by atoms with Gasteiger partial charge in [0.2, 0.25) is 10.0 Å². The summed E-state index contributed by atoms with van der Waals surface area (Å²) in [4.78, 5) is 10.4. The van der Waals surface area contributed by atoms with Crippen molar-refractivity contribution in [3.8, 4) is 5.75 Å². The molecule has 0 spiro atoms. The van der Waals surface area contributed by atoms with Crippen LogP contribution in [0.2, 0.25) is 0 Å². The van der Waals surface area contributed by atoms with Crippen LogP contribution in [0.1, 0.15) is 13.3 Å². The highest BCUT2D eigenvalue weighted by molar-refractivity contribution is 7.89. The van der Waals surface area contributed by atoms with Crippen LogP contribution in [0.5, 0.6) is 5.75 Å². The minimum absolute atomic E-state index is 0.0124. The van der Waals surface area contributed by atoms with Gasteiger partial charge < -0.3 is 14.9 Å². The van der Waals surface area contributed by atoms with E-state index in [-0.39, 0.29) is 29.7 Å². The number of aliphatic hydroxyl groups is 1. The van der Waals surface area contributed by atoms with Gasteiger partial charge >= 0.3 is 5.97 Å². The third-order valence-electron chi connectivity index (χ3n) is 2.74. The highest BCUT2D eigenvalue weighted by Crippen LogP contribution is 2.16. The molecule has 0 saturated carbocycles. The molecule has 0 saturated heterocycles. The van der Waals surface area contributed by atoms with Gasteiger partial charge in [-0.3, -0.25) is 0 Å². The number of carboxylic acids is 1. The lowest BCUT2D eigenvalue weighted by Gasteiger charge is -2.12. The SMILES string of the molecule is CC(CCO)CNS(=O)(=O)c1ccc(OCC(=O)O)cc1. The van der Waals surface area contributed by atoms with Gasteiger partial charge in [-0.15, -0.1) is 0 Å². The van der Waals surface area contributed by atoms with Crippen LogP contribution < -0.4 is 9.46 Å².